The average Bonchev–Trinajstić information content (AvgIpc) is 2.93. The monoisotopic (exact) mass is 440 g/mol. The summed E-state index contributed by atoms with van der Waals surface area (Å²) < 4.78 is 27.8. The van der Waals surface area contributed by atoms with E-state index in [0.717, 1.165) is 0 Å². The summed E-state index contributed by atoms with van der Waals surface area (Å²) in [6.45, 7) is 0.0163. The van der Waals surface area contributed by atoms with Gasteiger partial charge in [-0.3, -0.25) is 4.57 Å². The van der Waals surface area contributed by atoms with E-state index in [1.165, 1.54) is 28.4 Å². The maximum atomic E-state index is 13.9. The second-order valence-electron chi connectivity index (χ2n) is 5.54. The van der Waals surface area contributed by atoms with E-state index in [1.54, 1.807) is 37.6 Å². The number of aromatic nitrogens is 2. The molecule has 0 bridgehead atoms. The number of halogens is 3. The third-order valence-corrected chi connectivity index (χ3v) is 4.69. The smallest absolute Gasteiger partial charge is 0.332 e. The molecule has 2 aromatic carbocycles. The van der Waals surface area contributed by atoms with Crippen LogP contribution in [0.3, 0.4) is 0 Å². The molecule has 0 saturated carbocycles. The Labute approximate surface area is 162 Å². The minimum absolute atomic E-state index is 0.0163. The zero-order valence-electron chi connectivity index (χ0n) is 14.0. The van der Waals surface area contributed by atoms with Gasteiger partial charge in [0.1, 0.15) is 11.6 Å². The first-order valence-corrected chi connectivity index (χ1v) is 8.74. The van der Waals surface area contributed by atoms with Crippen molar-refractivity contribution < 1.29 is 13.9 Å². The Balaban J connectivity index is 2.10. The van der Waals surface area contributed by atoms with Gasteiger partial charge >= 0.3 is 5.69 Å². The van der Waals surface area contributed by atoms with Gasteiger partial charge in [-0.05, 0) is 45.8 Å². The molecule has 26 heavy (non-hydrogen) atoms. The van der Waals surface area contributed by atoms with E-state index in [1.807, 2.05) is 0 Å². The van der Waals surface area contributed by atoms with Gasteiger partial charge in [0.05, 0.1) is 15.2 Å². The number of rotatable bonds is 5. The molecule has 1 heterocycles. The van der Waals surface area contributed by atoms with Crippen LogP contribution in [0.1, 0.15) is 0 Å². The van der Waals surface area contributed by atoms with Crippen LogP contribution in [0.15, 0.2) is 52.0 Å². The highest BCUT2D eigenvalue weighted by Crippen LogP contribution is 2.39. The van der Waals surface area contributed by atoms with Gasteiger partial charge < -0.3 is 14.0 Å². The van der Waals surface area contributed by atoms with Gasteiger partial charge in [-0.1, -0.05) is 17.7 Å². The summed E-state index contributed by atoms with van der Waals surface area (Å²) in [5, 5.41) is 0.355. The number of benzene rings is 2. The topological polar surface area (TPSA) is 45.4 Å². The van der Waals surface area contributed by atoms with Crippen LogP contribution in [0.25, 0.3) is 16.8 Å². The molecule has 1 aromatic heterocycles. The van der Waals surface area contributed by atoms with Crippen LogP contribution in [-0.2, 0) is 11.8 Å². The second kappa shape index (κ2) is 7.65. The lowest BCUT2D eigenvalue weighted by atomic mass is 10.0. The van der Waals surface area contributed by atoms with E-state index in [0.29, 0.717) is 32.1 Å². The standard InChI is InChI=1S/C18H15BrClFN2O3/c1-22-5-6-23(18(22)24)16-4-3-11(7-15(16)20)13-8-12(21)9-14(19)17(13)26-10-25-2/h3-9H,10H2,1-2H3. The first-order chi connectivity index (χ1) is 12.4. The fourth-order valence-corrected chi connectivity index (χ4v) is 3.37. The van der Waals surface area contributed by atoms with Gasteiger partial charge in [-0.2, -0.15) is 0 Å². The van der Waals surface area contributed by atoms with E-state index >= 15 is 0 Å². The molecule has 0 saturated heterocycles. The summed E-state index contributed by atoms with van der Waals surface area (Å²) in [6, 6.07) is 7.79. The summed E-state index contributed by atoms with van der Waals surface area (Å²) >= 11 is 9.70. The van der Waals surface area contributed by atoms with Crippen molar-refractivity contribution in [1.82, 2.24) is 9.13 Å². The van der Waals surface area contributed by atoms with Crippen molar-refractivity contribution in [3.05, 3.63) is 68.5 Å². The van der Waals surface area contributed by atoms with Crippen molar-refractivity contribution in [1.29, 1.82) is 0 Å². The predicted octanol–water partition coefficient (Wildman–Crippen LogP) is 4.38. The molecule has 0 N–H and O–H groups in total. The second-order valence-corrected chi connectivity index (χ2v) is 6.80. The first-order valence-electron chi connectivity index (χ1n) is 7.57. The van der Waals surface area contributed by atoms with Gasteiger partial charge in [0.15, 0.2) is 6.79 Å². The number of aryl methyl sites for hydroxylation is 1. The first kappa shape index (κ1) is 18.7. The summed E-state index contributed by atoms with van der Waals surface area (Å²) in [6.07, 6.45) is 3.28. The summed E-state index contributed by atoms with van der Waals surface area (Å²) in [4.78, 5) is 12.1. The Bertz CT molecular complexity index is 1020. The Morgan fingerprint density at radius 2 is 2.00 bits per heavy atom. The highest BCUT2D eigenvalue weighted by atomic mass is 79.9. The van der Waals surface area contributed by atoms with Gasteiger partial charge in [-0.15, -0.1) is 0 Å². The Hall–Kier alpha value is -2.09. The summed E-state index contributed by atoms with van der Waals surface area (Å²) in [7, 11) is 3.16. The van der Waals surface area contributed by atoms with Crippen LogP contribution < -0.4 is 10.4 Å². The molecule has 5 nitrogen and oxygen atoms in total. The van der Waals surface area contributed by atoms with Crippen LogP contribution in [0.4, 0.5) is 4.39 Å². The number of methoxy groups -OCH3 is 1. The van der Waals surface area contributed by atoms with Crippen LogP contribution in [0.2, 0.25) is 5.02 Å². The van der Waals surface area contributed by atoms with Crippen molar-refractivity contribution in [2.45, 2.75) is 0 Å². The minimum atomic E-state index is -0.420. The van der Waals surface area contributed by atoms with Crippen molar-refractivity contribution >= 4 is 27.5 Å². The third kappa shape index (κ3) is 3.56. The molecular formula is C18H15BrClFN2O3. The van der Waals surface area contributed by atoms with Crippen LogP contribution in [0.5, 0.6) is 5.75 Å². The van der Waals surface area contributed by atoms with Crippen molar-refractivity contribution in [3.8, 4) is 22.6 Å². The van der Waals surface area contributed by atoms with Gasteiger partial charge in [0.2, 0.25) is 0 Å². The largest absolute Gasteiger partial charge is 0.466 e. The SMILES string of the molecule is COCOc1c(Br)cc(F)cc1-c1ccc(-n2ccn(C)c2=O)c(Cl)c1. The Morgan fingerprint density at radius 3 is 2.62 bits per heavy atom. The maximum absolute atomic E-state index is 13.9. The average molecular weight is 442 g/mol. The van der Waals surface area contributed by atoms with Crippen molar-refractivity contribution in [2.75, 3.05) is 13.9 Å². The summed E-state index contributed by atoms with van der Waals surface area (Å²) in [5.74, 6) is 0.0186. The highest BCUT2D eigenvalue weighted by molar-refractivity contribution is 9.10. The number of imidazole rings is 1. The van der Waals surface area contributed by atoms with E-state index in [9.17, 15) is 9.18 Å². The molecule has 0 fully saturated rings. The molecule has 0 amide bonds. The van der Waals surface area contributed by atoms with E-state index < -0.39 is 5.82 Å². The van der Waals surface area contributed by atoms with Crippen molar-refractivity contribution in [3.63, 3.8) is 0 Å². The normalized spacial score (nSPS) is 11.0. The van der Waals surface area contributed by atoms with Gasteiger partial charge in [0.25, 0.3) is 0 Å². The fourth-order valence-electron chi connectivity index (χ4n) is 2.56. The van der Waals surface area contributed by atoms with E-state index in [4.69, 9.17) is 21.1 Å². The number of ether oxygens (including phenoxy) is 2. The molecule has 0 aliphatic rings. The molecular weight excluding hydrogens is 427 g/mol. The molecule has 0 radical (unpaired) electrons. The third-order valence-electron chi connectivity index (χ3n) is 3.79. The Kier molecular flexibility index (Phi) is 5.50. The zero-order chi connectivity index (χ0) is 18.8. The molecule has 0 atom stereocenters. The molecule has 0 aliphatic heterocycles. The highest BCUT2D eigenvalue weighted by Gasteiger charge is 2.15. The van der Waals surface area contributed by atoms with Gasteiger partial charge in [-0.25, -0.2) is 9.18 Å². The van der Waals surface area contributed by atoms with Gasteiger partial charge in [0, 0.05) is 32.1 Å². The number of nitrogens with zero attached hydrogens (tertiary/aromatic N) is 2. The lowest BCUT2D eigenvalue weighted by Gasteiger charge is -2.14. The van der Waals surface area contributed by atoms with E-state index in [2.05, 4.69) is 15.9 Å². The Morgan fingerprint density at radius 1 is 1.23 bits per heavy atom. The molecule has 0 unspecified atom stereocenters. The quantitative estimate of drug-likeness (QED) is 0.552. The lowest BCUT2D eigenvalue weighted by Crippen LogP contribution is -2.20. The number of hydrogen-bond donors (Lipinski definition) is 0. The lowest BCUT2D eigenvalue weighted by molar-refractivity contribution is 0.0509. The van der Waals surface area contributed by atoms with Crippen LogP contribution in [-0.4, -0.2) is 23.0 Å². The maximum Gasteiger partial charge on any atom is 0.332 e. The molecule has 3 rings (SSSR count). The van der Waals surface area contributed by atoms with E-state index in [-0.39, 0.29) is 12.5 Å². The molecule has 0 aliphatic carbocycles. The van der Waals surface area contributed by atoms with Crippen LogP contribution >= 0.6 is 27.5 Å². The molecule has 136 valence electrons. The zero-order valence-corrected chi connectivity index (χ0v) is 16.3. The van der Waals surface area contributed by atoms with Crippen molar-refractivity contribution in [2.24, 2.45) is 7.05 Å². The van der Waals surface area contributed by atoms with Crippen LogP contribution in [0, 0.1) is 5.82 Å². The molecule has 8 heteroatoms. The minimum Gasteiger partial charge on any atom is -0.466 e. The number of hydrogen-bond acceptors (Lipinski definition) is 3. The predicted molar refractivity (Wildman–Crippen MR) is 102 cm³/mol. The summed E-state index contributed by atoms with van der Waals surface area (Å²) in [5.41, 5.74) is 1.49. The fraction of sp³-hybridized carbons (Fsp3) is 0.167. The molecule has 0 spiro atoms. The molecule has 3 aromatic rings.